The van der Waals surface area contributed by atoms with Crippen molar-refractivity contribution < 1.29 is 38.4 Å². The molecular weight excluding hydrogens is 500 g/mol. The van der Waals surface area contributed by atoms with Crippen LogP contribution < -0.4 is 9.47 Å². The van der Waals surface area contributed by atoms with E-state index in [1.807, 2.05) is 48.5 Å². The van der Waals surface area contributed by atoms with Crippen molar-refractivity contribution in [2.75, 3.05) is 14.2 Å². The quantitative estimate of drug-likeness (QED) is 0.322. The first-order chi connectivity index (χ1) is 18.7. The Morgan fingerprint density at radius 2 is 1.36 bits per heavy atom. The van der Waals surface area contributed by atoms with Crippen LogP contribution in [0.4, 0.5) is 0 Å². The number of methoxy groups -OCH3 is 2. The van der Waals surface area contributed by atoms with Crippen molar-refractivity contribution in [3.8, 4) is 11.5 Å². The van der Waals surface area contributed by atoms with Crippen LogP contribution in [0, 0.1) is 11.8 Å². The van der Waals surface area contributed by atoms with Crippen LogP contribution in [0.15, 0.2) is 78.9 Å². The molecule has 1 N–H and O–H groups in total. The van der Waals surface area contributed by atoms with Crippen molar-refractivity contribution in [3.63, 3.8) is 0 Å². The first kappa shape index (κ1) is 27.9. The number of esters is 2. The third-order valence-electron chi connectivity index (χ3n) is 7.02. The van der Waals surface area contributed by atoms with E-state index < -0.39 is 47.5 Å². The molecule has 0 radical (unpaired) electrons. The zero-order valence-corrected chi connectivity index (χ0v) is 22.2. The second-order valence-corrected chi connectivity index (χ2v) is 9.78. The van der Waals surface area contributed by atoms with Gasteiger partial charge in [0.2, 0.25) is 0 Å². The van der Waals surface area contributed by atoms with Crippen LogP contribution >= 0.6 is 0 Å². The maximum Gasteiger partial charge on any atom is 0.317 e. The molecule has 1 aliphatic carbocycles. The molecule has 39 heavy (non-hydrogen) atoms. The summed E-state index contributed by atoms with van der Waals surface area (Å²) in [5.41, 5.74) is 0.171. The van der Waals surface area contributed by atoms with Crippen molar-refractivity contribution in [1.82, 2.24) is 0 Å². The van der Waals surface area contributed by atoms with Gasteiger partial charge in [0.15, 0.2) is 17.3 Å². The Morgan fingerprint density at radius 1 is 0.821 bits per heavy atom. The summed E-state index contributed by atoms with van der Waals surface area (Å²) in [4.78, 5) is 40.5. The molecule has 8 heteroatoms. The van der Waals surface area contributed by atoms with Crippen LogP contribution in [-0.4, -0.2) is 42.6 Å². The molecular formula is C31H32O8. The van der Waals surface area contributed by atoms with E-state index in [1.54, 1.807) is 30.3 Å². The van der Waals surface area contributed by atoms with Gasteiger partial charge in [0.25, 0.3) is 0 Å². The number of ketones is 1. The monoisotopic (exact) mass is 532 g/mol. The summed E-state index contributed by atoms with van der Waals surface area (Å²) in [5.74, 6) is -4.91. The second kappa shape index (κ2) is 12.1. The predicted octanol–water partition coefficient (Wildman–Crippen LogP) is 4.23. The van der Waals surface area contributed by atoms with Gasteiger partial charge in [-0.25, -0.2) is 0 Å². The molecule has 0 saturated heterocycles. The fourth-order valence-electron chi connectivity index (χ4n) is 5.11. The Labute approximate surface area is 227 Å². The highest BCUT2D eigenvalue weighted by Gasteiger charge is 2.57. The molecule has 0 spiro atoms. The van der Waals surface area contributed by atoms with Crippen molar-refractivity contribution in [2.45, 2.75) is 38.1 Å². The normalized spacial score (nSPS) is 22.6. The predicted molar refractivity (Wildman–Crippen MR) is 142 cm³/mol. The molecule has 0 amide bonds. The summed E-state index contributed by atoms with van der Waals surface area (Å²) < 4.78 is 22.0. The van der Waals surface area contributed by atoms with Gasteiger partial charge in [0, 0.05) is 12.3 Å². The summed E-state index contributed by atoms with van der Waals surface area (Å²) in [6.45, 7) is 1.35. The van der Waals surface area contributed by atoms with Crippen LogP contribution in [0.2, 0.25) is 0 Å². The summed E-state index contributed by atoms with van der Waals surface area (Å²) >= 11 is 0. The smallest absolute Gasteiger partial charge is 0.317 e. The number of hydrogen-bond acceptors (Lipinski definition) is 8. The Bertz CT molecular complexity index is 1300. The SMILES string of the molecule is COc1ccc([C@H]2[C@H](C(=O)OCc3ccccc3)C(=O)C[C@](C)(O)[C@H]2C(=O)OCc2ccccc2)cc1OC. The van der Waals surface area contributed by atoms with Gasteiger partial charge >= 0.3 is 11.9 Å². The largest absolute Gasteiger partial charge is 0.493 e. The van der Waals surface area contributed by atoms with E-state index in [-0.39, 0.29) is 13.2 Å². The lowest BCUT2D eigenvalue weighted by Gasteiger charge is -2.43. The lowest BCUT2D eigenvalue weighted by molar-refractivity contribution is -0.174. The van der Waals surface area contributed by atoms with Crippen molar-refractivity contribution in [3.05, 3.63) is 95.6 Å². The average Bonchev–Trinajstić information content (AvgIpc) is 2.94. The van der Waals surface area contributed by atoms with Gasteiger partial charge in [-0.2, -0.15) is 0 Å². The minimum atomic E-state index is -1.78. The third-order valence-corrected chi connectivity index (χ3v) is 7.02. The number of benzene rings is 3. The molecule has 204 valence electrons. The fraction of sp³-hybridized carbons (Fsp3) is 0.323. The molecule has 3 aromatic rings. The molecule has 1 fully saturated rings. The van der Waals surface area contributed by atoms with E-state index in [9.17, 15) is 19.5 Å². The minimum Gasteiger partial charge on any atom is -0.493 e. The molecule has 0 aromatic heterocycles. The van der Waals surface area contributed by atoms with Crippen molar-refractivity contribution >= 4 is 17.7 Å². The molecule has 0 bridgehead atoms. The molecule has 4 rings (SSSR count). The lowest BCUT2D eigenvalue weighted by Crippen LogP contribution is -2.55. The maximum absolute atomic E-state index is 13.6. The number of ether oxygens (including phenoxy) is 4. The number of hydrogen-bond donors (Lipinski definition) is 1. The van der Waals surface area contributed by atoms with Crippen LogP contribution in [0.1, 0.15) is 36.0 Å². The zero-order chi connectivity index (χ0) is 28.0. The maximum atomic E-state index is 13.6. The minimum absolute atomic E-state index is 0.0258. The van der Waals surface area contributed by atoms with E-state index in [4.69, 9.17) is 18.9 Å². The molecule has 0 heterocycles. The van der Waals surface area contributed by atoms with Crippen LogP contribution in [-0.2, 0) is 37.1 Å². The molecule has 1 aliphatic rings. The summed E-state index contributed by atoms with van der Waals surface area (Å²) in [6, 6.07) is 23.1. The molecule has 1 saturated carbocycles. The van der Waals surface area contributed by atoms with E-state index in [2.05, 4.69) is 0 Å². The topological polar surface area (TPSA) is 108 Å². The standard InChI is InChI=1S/C31H32O8/c1-31(35)17-23(32)27(29(33)38-18-20-10-6-4-7-11-20)26(22-14-15-24(36-2)25(16-22)37-3)28(31)30(34)39-19-21-12-8-5-9-13-21/h4-16,26-28,35H,17-19H2,1-3H3/t26-,27+,28+,31-/m0/s1. The van der Waals surface area contributed by atoms with Gasteiger partial charge in [0.05, 0.1) is 25.7 Å². The first-order valence-electron chi connectivity index (χ1n) is 12.6. The molecule has 0 aliphatic heterocycles. The Hall–Kier alpha value is -4.17. The van der Waals surface area contributed by atoms with E-state index in [0.29, 0.717) is 17.1 Å². The van der Waals surface area contributed by atoms with Gasteiger partial charge < -0.3 is 24.1 Å². The third kappa shape index (κ3) is 6.29. The van der Waals surface area contributed by atoms with E-state index >= 15 is 0 Å². The van der Waals surface area contributed by atoms with Crippen molar-refractivity contribution in [2.24, 2.45) is 11.8 Å². The van der Waals surface area contributed by atoms with Gasteiger partial charge in [-0.1, -0.05) is 66.7 Å². The van der Waals surface area contributed by atoms with Gasteiger partial charge in [-0.15, -0.1) is 0 Å². The van der Waals surface area contributed by atoms with Gasteiger partial charge in [0.1, 0.15) is 19.1 Å². The first-order valence-corrected chi connectivity index (χ1v) is 12.6. The molecule has 4 atom stereocenters. The number of carbonyl (C=O) groups excluding carboxylic acids is 3. The Balaban J connectivity index is 1.72. The van der Waals surface area contributed by atoms with E-state index in [1.165, 1.54) is 21.1 Å². The highest BCUT2D eigenvalue weighted by atomic mass is 16.5. The molecule has 3 aromatic carbocycles. The average molecular weight is 533 g/mol. The Kier molecular flexibility index (Phi) is 8.66. The summed E-state index contributed by atoms with van der Waals surface area (Å²) in [6.07, 6.45) is -0.410. The van der Waals surface area contributed by atoms with Crippen LogP contribution in [0.3, 0.4) is 0 Å². The molecule has 8 nitrogen and oxygen atoms in total. The zero-order valence-electron chi connectivity index (χ0n) is 22.2. The number of rotatable bonds is 9. The Morgan fingerprint density at radius 3 is 1.90 bits per heavy atom. The van der Waals surface area contributed by atoms with E-state index in [0.717, 1.165) is 11.1 Å². The van der Waals surface area contributed by atoms with Crippen LogP contribution in [0.5, 0.6) is 11.5 Å². The highest BCUT2D eigenvalue weighted by molar-refractivity contribution is 6.02. The number of carbonyl (C=O) groups is 3. The summed E-state index contributed by atoms with van der Waals surface area (Å²) in [5, 5.41) is 11.4. The summed E-state index contributed by atoms with van der Waals surface area (Å²) in [7, 11) is 2.95. The van der Waals surface area contributed by atoms with Gasteiger partial charge in [-0.05, 0) is 35.7 Å². The second-order valence-electron chi connectivity index (χ2n) is 9.78. The van der Waals surface area contributed by atoms with Crippen LogP contribution in [0.25, 0.3) is 0 Å². The van der Waals surface area contributed by atoms with Crippen molar-refractivity contribution in [1.29, 1.82) is 0 Å². The van der Waals surface area contributed by atoms with Gasteiger partial charge in [-0.3, -0.25) is 14.4 Å². The molecule has 0 unspecified atom stereocenters. The highest BCUT2D eigenvalue weighted by Crippen LogP contribution is 2.48. The fourth-order valence-corrected chi connectivity index (χ4v) is 5.11. The number of aliphatic hydroxyl groups is 1. The lowest BCUT2D eigenvalue weighted by atomic mass is 9.61. The number of Topliss-reactive ketones (excluding diaryl/α,β-unsaturated/α-hetero) is 1.